The molecule has 5 heteroatoms. The summed E-state index contributed by atoms with van der Waals surface area (Å²) < 4.78 is 0. The monoisotopic (exact) mass is 505 g/mol. The molecule has 0 rings (SSSR count). The van der Waals surface area contributed by atoms with Crippen molar-refractivity contribution in [1.82, 2.24) is 0 Å². The molecule has 0 atom stereocenters. The van der Waals surface area contributed by atoms with E-state index in [2.05, 4.69) is 13.8 Å². The van der Waals surface area contributed by atoms with Gasteiger partial charge in [-0.15, -0.1) is 13.1 Å². The van der Waals surface area contributed by atoms with E-state index in [1.807, 2.05) is 0 Å². The molecule has 29 heavy (non-hydrogen) atoms. The van der Waals surface area contributed by atoms with Crippen LogP contribution in [-0.2, 0) is 14.7 Å². The topological polar surface area (TPSA) is 14.1 Å². The van der Waals surface area contributed by atoms with Gasteiger partial charge < -0.3 is 5.32 Å². The van der Waals surface area contributed by atoms with Crippen molar-refractivity contribution in [2.75, 3.05) is 13.1 Å². The van der Waals surface area contributed by atoms with Crippen LogP contribution in [0.4, 0.5) is 0 Å². The third kappa shape index (κ3) is 40.4. The van der Waals surface area contributed by atoms with Crippen LogP contribution in [0.2, 0.25) is 0 Å². The second-order valence-corrected chi connectivity index (χ2v) is 16.0. The minimum absolute atomic E-state index is 1.12. The van der Waals surface area contributed by atoms with Crippen molar-refractivity contribution >= 4 is 27.9 Å². The summed E-state index contributed by atoms with van der Waals surface area (Å²) in [5.41, 5.74) is 0. The van der Waals surface area contributed by atoms with Crippen molar-refractivity contribution in [3.05, 3.63) is 5.32 Å². The number of rotatable bonds is 22. The molecule has 0 aromatic carbocycles. The summed E-state index contributed by atoms with van der Waals surface area (Å²) in [4.78, 5) is 0. The van der Waals surface area contributed by atoms with Crippen molar-refractivity contribution in [3.63, 3.8) is 0 Å². The van der Waals surface area contributed by atoms with Crippen molar-refractivity contribution in [2.45, 2.75) is 142 Å². The Labute approximate surface area is 202 Å². The summed E-state index contributed by atoms with van der Waals surface area (Å²) in [7, 11) is 14.9. The van der Waals surface area contributed by atoms with E-state index in [1.54, 1.807) is 0 Å². The average molecular weight is 507 g/mol. The van der Waals surface area contributed by atoms with Gasteiger partial charge in [-0.3, -0.25) is 0 Å². The molecule has 0 fully saturated rings. The van der Waals surface area contributed by atoms with Gasteiger partial charge in [-0.05, 0) is 0 Å². The average Bonchev–Trinajstić information content (AvgIpc) is 2.69. The Morgan fingerprint density at radius 3 is 0.862 bits per heavy atom. The molecule has 0 saturated carbocycles. The third-order valence-electron chi connectivity index (χ3n) is 5.34. The van der Waals surface area contributed by atoms with Gasteiger partial charge in [0.2, 0.25) is 0 Å². The fourth-order valence-corrected chi connectivity index (χ4v) is 3.53. The van der Waals surface area contributed by atoms with E-state index in [1.165, 1.54) is 128 Å². The van der Waals surface area contributed by atoms with Gasteiger partial charge in [-0.2, -0.15) is 0 Å². The predicted molar refractivity (Wildman–Crippen MR) is 134 cm³/mol. The van der Waals surface area contributed by atoms with Gasteiger partial charge in [0.1, 0.15) is 0 Å². The summed E-state index contributed by atoms with van der Waals surface area (Å²) >= 11 is -1.92. The molecule has 0 bridgehead atoms. The Bertz CT molecular complexity index is 244. The van der Waals surface area contributed by atoms with Crippen LogP contribution in [0.5, 0.6) is 0 Å². The zero-order valence-electron chi connectivity index (χ0n) is 19.6. The van der Waals surface area contributed by atoms with Gasteiger partial charge in [0.25, 0.3) is 0 Å². The van der Waals surface area contributed by atoms with E-state index in [-0.39, 0.29) is 0 Å². The number of hydrogen-bond donors (Lipinski definition) is 0. The molecule has 0 unspecified atom stereocenters. The molecule has 0 N–H and O–H groups in total. The van der Waals surface area contributed by atoms with Crippen LogP contribution in [0.25, 0.3) is 5.32 Å². The maximum atomic E-state index is 4.97. The van der Waals surface area contributed by atoms with Gasteiger partial charge in [0.05, 0.1) is 0 Å². The zero-order chi connectivity index (χ0) is 21.8. The summed E-state index contributed by atoms with van der Waals surface area (Å²) in [6.07, 6.45) is 28.5. The van der Waals surface area contributed by atoms with E-state index < -0.39 is 14.7 Å². The molecule has 0 aromatic heterocycles. The van der Waals surface area contributed by atoms with Crippen LogP contribution in [0, 0.1) is 0 Å². The molecule has 1 nitrogen and oxygen atoms in total. The van der Waals surface area contributed by atoms with Crippen LogP contribution in [-0.4, -0.2) is 13.1 Å². The van der Waals surface area contributed by atoms with E-state index in [4.69, 9.17) is 33.2 Å². The third-order valence-corrected chi connectivity index (χ3v) is 5.34. The quantitative estimate of drug-likeness (QED) is 0.102. The van der Waals surface area contributed by atoms with Crippen LogP contribution in [0.1, 0.15) is 142 Å². The second kappa shape index (κ2) is 31.7. The molecule has 0 radical (unpaired) electrons. The molecule has 0 aliphatic heterocycles. The number of halogens is 3. The Kier molecular flexibility index (Phi) is 35.8. The normalized spacial score (nSPS) is 10.7. The maximum absolute atomic E-state index is 4.97. The molecule has 0 aliphatic carbocycles. The van der Waals surface area contributed by atoms with E-state index in [0.29, 0.717) is 0 Å². The molecule has 0 saturated heterocycles. The van der Waals surface area contributed by atoms with Crippen molar-refractivity contribution < 1.29 is 14.7 Å². The number of nitrogens with zero attached hydrogens (tertiary/aromatic N) is 1. The molecular weight excluding hydrogens is 456 g/mol. The van der Waals surface area contributed by atoms with Gasteiger partial charge in [0.15, 0.2) is 0 Å². The van der Waals surface area contributed by atoms with Crippen molar-refractivity contribution in [2.24, 2.45) is 0 Å². The summed E-state index contributed by atoms with van der Waals surface area (Å²) in [5, 5.41) is 4.71. The molecule has 0 amide bonds. The summed E-state index contributed by atoms with van der Waals surface area (Å²) in [5.74, 6) is 0. The first-order valence-corrected chi connectivity index (χ1v) is 19.1. The molecular formula is C24H50Cl3NTi. The Hall–Kier alpha value is 1.54. The Balaban J connectivity index is 0. The SMILES string of the molecule is CCCCCCCCCCCC[N-]CCCCCCCCCCCC.[Cl][Ti+]([Cl])[Cl]. The molecule has 0 aromatic rings. The van der Waals surface area contributed by atoms with Gasteiger partial charge >= 0.3 is 42.6 Å². The number of hydrogen-bond acceptors (Lipinski definition) is 0. The summed E-state index contributed by atoms with van der Waals surface area (Å²) in [6, 6.07) is 0. The van der Waals surface area contributed by atoms with Crippen LogP contribution < -0.4 is 0 Å². The minimum atomic E-state index is -1.92. The standard InChI is InChI=1S/C24H50N.3ClH.Ti/c1-3-5-7-9-11-13-15-17-19-21-23-25-24-22-20-18-16-14-12-10-8-6-4-2;;;;/h3-24H2,1-2H3;3*1H;/q-1;;;;+4/p-3. The van der Waals surface area contributed by atoms with E-state index >= 15 is 0 Å². The Morgan fingerprint density at radius 2 is 0.621 bits per heavy atom. The van der Waals surface area contributed by atoms with Gasteiger partial charge in [0, 0.05) is 0 Å². The van der Waals surface area contributed by atoms with Gasteiger partial charge in [-0.25, -0.2) is 0 Å². The van der Waals surface area contributed by atoms with E-state index in [9.17, 15) is 0 Å². The fourth-order valence-electron chi connectivity index (χ4n) is 3.53. The Morgan fingerprint density at radius 1 is 0.414 bits per heavy atom. The first-order valence-electron chi connectivity index (χ1n) is 12.6. The summed E-state index contributed by atoms with van der Waals surface area (Å²) in [6.45, 7) is 6.82. The van der Waals surface area contributed by atoms with Crippen LogP contribution >= 0.6 is 27.9 Å². The molecule has 0 spiro atoms. The van der Waals surface area contributed by atoms with E-state index in [0.717, 1.165) is 13.1 Å². The second-order valence-electron chi connectivity index (χ2n) is 8.25. The van der Waals surface area contributed by atoms with Crippen LogP contribution in [0.15, 0.2) is 0 Å². The van der Waals surface area contributed by atoms with Gasteiger partial charge in [-0.1, -0.05) is 142 Å². The van der Waals surface area contributed by atoms with Crippen molar-refractivity contribution in [3.8, 4) is 0 Å². The predicted octanol–water partition coefficient (Wildman–Crippen LogP) is 11.3. The fraction of sp³-hybridized carbons (Fsp3) is 1.00. The molecule has 176 valence electrons. The van der Waals surface area contributed by atoms with Crippen molar-refractivity contribution in [1.29, 1.82) is 0 Å². The number of unbranched alkanes of at least 4 members (excludes halogenated alkanes) is 18. The van der Waals surface area contributed by atoms with Crippen LogP contribution in [0.3, 0.4) is 0 Å². The molecule has 0 aliphatic rings. The molecule has 0 heterocycles. The first kappa shape index (κ1) is 32.7. The zero-order valence-corrected chi connectivity index (χ0v) is 23.5. The first-order chi connectivity index (χ1) is 14.1.